The molecule has 86 valence electrons. The zero-order chi connectivity index (χ0) is 11.3. The van der Waals surface area contributed by atoms with Crippen LogP contribution in [0.25, 0.3) is 0 Å². The van der Waals surface area contributed by atoms with E-state index < -0.39 is 0 Å². The molecule has 0 atom stereocenters. The molecule has 0 aromatic rings. The van der Waals surface area contributed by atoms with Gasteiger partial charge in [0.2, 0.25) is 0 Å². The van der Waals surface area contributed by atoms with Crippen LogP contribution >= 0.6 is 0 Å². The van der Waals surface area contributed by atoms with Crippen LogP contribution in [0.1, 0.15) is 33.1 Å². The first-order valence-electron chi connectivity index (χ1n) is 5.53. The molecule has 0 bridgehead atoms. The molecule has 1 rings (SSSR count). The summed E-state index contributed by atoms with van der Waals surface area (Å²) in [5.74, 6) is -0.244. The van der Waals surface area contributed by atoms with Crippen molar-refractivity contribution in [2.24, 2.45) is 5.41 Å². The van der Waals surface area contributed by atoms with Crippen molar-refractivity contribution in [1.29, 1.82) is 0 Å². The number of hydrogen-bond donors (Lipinski definition) is 1. The van der Waals surface area contributed by atoms with Crippen molar-refractivity contribution < 1.29 is 9.53 Å². The van der Waals surface area contributed by atoms with Gasteiger partial charge < -0.3 is 10.1 Å². The molecule has 0 aromatic heterocycles. The normalized spacial score (nSPS) is 19.5. The summed E-state index contributed by atoms with van der Waals surface area (Å²) in [6, 6.07) is 0. The molecule has 0 radical (unpaired) electrons. The first-order chi connectivity index (χ1) is 7.07. The van der Waals surface area contributed by atoms with E-state index in [0.29, 0.717) is 11.0 Å². The molecule has 0 aromatic carbocycles. The number of hydrogen-bond acceptors (Lipinski definition) is 3. The van der Waals surface area contributed by atoms with E-state index >= 15 is 0 Å². The van der Waals surface area contributed by atoms with Gasteiger partial charge in [-0.15, -0.1) is 0 Å². The minimum atomic E-state index is -0.244. The largest absolute Gasteiger partial charge is 0.466 e. The second-order valence-corrected chi connectivity index (χ2v) is 4.67. The minimum Gasteiger partial charge on any atom is -0.466 e. The molecule has 1 aliphatic rings. The average Bonchev–Trinajstić information content (AvgIpc) is 2.20. The highest BCUT2D eigenvalue weighted by Gasteiger charge is 2.30. The summed E-state index contributed by atoms with van der Waals surface area (Å²) in [5, 5.41) is 3.35. The predicted octanol–water partition coefficient (Wildman–Crippen LogP) is 1.89. The summed E-state index contributed by atoms with van der Waals surface area (Å²) in [6.07, 6.45) is 5.88. The number of methoxy groups -OCH3 is 1. The van der Waals surface area contributed by atoms with Crippen LogP contribution in [0.5, 0.6) is 0 Å². The highest BCUT2D eigenvalue weighted by molar-refractivity contribution is 5.87. The molecule has 1 saturated carbocycles. The molecule has 0 unspecified atom stereocenters. The SMILES string of the molecule is COC(=O)C(C)=CCNCC1(C)CCC1. The lowest BCUT2D eigenvalue weighted by molar-refractivity contribution is -0.136. The van der Waals surface area contributed by atoms with Gasteiger partial charge in [0.05, 0.1) is 7.11 Å². The molecule has 0 aliphatic heterocycles. The number of rotatable bonds is 5. The van der Waals surface area contributed by atoms with Crippen LogP contribution in [0, 0.1) is 5.41 Å². The Morgan fingerprint density at radius 1 is 1.53 bits per heavy atom. The van der Waals surface area contributed by atoms with E-state index in [-0.39, 0.29) is 5.97 Å². The summed E-state index contributed by atoms with van der Waals surface area (Å²) in [6.45, 7) is 5.87. The second-order valence-electron chi connectivity index (χ2n) is 4.67. The molecule has 15 heavy (non-hydrogen) atoms. The van der Waals surface area contributed by atoms with Gasteiger partial charge in [-0.25, -0.2) is 4.79 Å². The third-order valence-electron chi connectivity index (χ3n) is 3.17. The lowest BCUT2D eigenvalue weighted by Crippen LogP contribution is -2.37. The highest BCUT2D eigenvalue weighted by Crippen LogP contribution is 2.39. The number of ether oxygens (including phenoxy) is 1. The average molecular weight is 211 g/mol. The van der Waals surface area contributed by atoms with Gasteiger partial charge in [-0.3, -0.25) is 0 Å². The Bertz CT molecular complexity index is 254. The number of esters is 1. The molecule has 3 heteroatoms. The fourth-order valence-electron chi connectivity index (χ4n) is 1.80. The number of carbonyl (C=O) groups excluding carboxylic acids is 1. The minimum absolute atomic E-state index is 0.244. The zero-order valence-electron chi connectivity index (χ0n) is 9.93. The van der Waals surface area contributed by atoms with Gasteiger partial charge in [0.1, 0.15) is 0 Å². The Morgan fingerprint density at radius 2 is 2.20 bits per heavy atom. The van der Waals surface area contributed by atoms with E-state index in [0.717, 1.165) is 13.1 Å². The zero-order valence-corrected chi connectivity index (χ0v) is 9.93. The van der Waals surface area contributed by atoms with E-state index in [9.17, 15) is 4.79 Å². The van der Waals surface area contributed by atoms with Crippen molar-refractivity contribution in [2.45, 2.75) is 33.1 Å². The van der Waals surface area contributed by atoms with E-state index in [1.165, 1.54) is 26.4 Å². The number of nitrogens with one attached hydrogen (secondary N) is 1. The molecule has 0 saturated heterocycles. The summed E-state index contributed by atoms with van der Waals surface area (Å²) in [4.78, 5) is 11.1. The van der Waals surface area contributed by atoms with Gasteiger partial charge in [0.25, 0.3) is 0 Å². The third kappa shape index (κ3) is 3.67. The Labute approximate surface area is 91.9 Å². The van der Waals surface area contributed by atoms with Crippen LogP contribution in [-0.2, 0) is 9.53 Å². The lowest BCUT2D eigenvalue weighted by atomic mass is 9.70. The molecular weight excluding hydrogens is 190 g/mol. The van der Waals surface area contributed by atoms with E-state index in [4.69, 9.17) is 0 Å². The smallest absolute Gasteiger partial charge is 0.333 e. The van der Waals surface area contributed by atoms with Gasteiger partial charge in [0.15, 0.2) is 0 Å². The lowest BCUT2D eigenvalue weighted by Gasteiger charge is -2.38. The van der Waals surface area contributed by atoms with Crippen molar-refractivity contribution in [1.82, 2.24) is 5.32 Å². The molecule has 0 amide bonds. The van der Waals surface area contributed by atoms with Crippen LogP contribution in [0.2, 0.25) is 0 Å². The number of carbonyl (C=O) groups is 1. The fraction of sp³-hybridized carbons (Fsp3) is 0.750. The van der Waals surface area contributed by atoms with Crippen LogP contribution in [-0.4, -0.2) is 26.2 Å². The third-order valence-corrected chi connectivity index (χ3v) is 3.17. The topological polar surface area (TPSA) is 38.3 Å². The van der Waals surface area contributed by atoms with Crippen molar-refractivity contribution in [3.05, 3.63) is 11.6 Å². The van der Waals surface area contributed by atoms with E-state index in [1.807, 2.05) is 6.08 Å². The first kappa shape index (κ1) is 12.2. The van der Waals surface area contributed by atoms with Crippen LogP contribution in [0.4, 0.5) is 0 Å². The van der Waals surface area contributed by atoms with Crippen molar-refractivity contribution in [3.63, 3.8) is 0 Å². The summed E-state index contributed by atoms with van der Waals surface area (Å²) >= 11 is 0. The molecular formula is C12H21NO2. The summed E-state index contributed by atoms with van der Waals surface area (Å²) < 4.78 is 4.61. The highest BCUT2D eigenvalue weighted by atomic mass is 16.5. The second kappa shape index (κ2) is 5.31. The van der Waals surface area contributed by atoms with E-state index in [2.05, 4.69) is 17.0 Å². The first-order valence-corrected chi connectivity index (χ1v) is 5.53. The molecule has 1 N–H and O–H groups in total. The standard InChI is InChI=1S/C12H21NO2/c1-10(11(14)15-3)5-8-13-9-12(2)6-4-7-12/h5,13H,4,6-9H2,1-3H3. The molecule has 0 heterocycles. The van der Waals surface area contributed by atoms with Crippen molar-refractivity contribution in [3.8, 4) is 0 Å². The summed E-state index contributed by atoms with van der Waals surface area (Å²) in [5.41, 5.74) is 1.16. The van der Waals surface area contributed by atoms with Crippen molar-refractivity contribution in [2.75, 3.05) is 20.2 Å². The van der Waals surface area contributed by atoms with Gasteiger partial charge in [-0.1, -0.05) is 19.4 Å². The van der Waals surface area contributed by atoms with Gasteiger partial charge in [0, 0.05) is 18.7 Å². The molecule has 3 nitrogen and oxygen atoms in total. The summed E-state index contributed by atoms with van der Waals surface area (Å²) in [7, 11) is 1.41. The van der Waals surface area contributed by atoms with Crippen LogP contribution < -0.4 is 5.32 Å². The molecule has 1 aliphatic carbocycles. The maximum Gasteiger partial charge on any atom is 0.333 e. The Hall–Kier alpha value is -0.830. The fourth-order valence-corrected chi connectivity index (χ4v) is 1.80. The van der Waals surface area contributed by atoms with E-state index in [1.54, 1.807) is 6.92 Å². The maximum absolute atomic E-state index is 11.1. The Balaban J connectivity index is 2.17. The van der Waals surface area contributed by atoms with Crippen LogP contribution in [0.15, 0.2) is 11.6 Å². The van der Waals surface area contributed by atoms with Gasteiger partial charge in [-0.2, -0.15) is 0 Å². The Kier molecular flexibility index (Phi) is 4.33. The molecule has 0 spiro atoms. The Morgan fingerprint density at radius 3 is 2.67 bits per heavy atom. The monoisotopic (exact) mass is 211 g/mol. The quantitative estimate of drug-likeness (QED) is 0.429. The predicted molar refractivity (Wildman–Crippen MR) is 60.6 cm³/mol. The van der Waals surface area contributed by atoms with Crippen molar-refractivity contribution >= 4 is 5.97 Å². The van der Waals surface area contributed by atoms with Gasteiger partial charge >= 0.3 is 5.97 Å². The van der Waals surface area contributed by atoms with Crippen LogP contribution in [0.3, 0.4) is 0 Å². The van der Waals surface area contributed by atoms with Gasteiger partial charge in [-0.05, 0) is 25.2 Å². The maximum atomic E-state index is 11.1. The molecule has 1 fully saturated rings.